The Morgan fingerprint density at radius 1 is 1.43 bits per heavy atom. The molecule has 0 spiro atoms. The monoisotopic (exact) mass is 304 g/mol. The highest BCUT2D eigenvalue weighted by Crippen LogP contribution is 2.51. The van der Waals surface area contributed by atoms with Crippen LogP contribution in [0.1, 0.15) is 25.0 Å². The number of carboxylic acid groups (broad SMARTS) is 1. The van der Waals surface area contributed by atoms with Gasteiger partial charge in [0, 0.05) is 18.0 Å². The summed E-state index contributed by atoms with van der Waals surface area (Å²) in [7, 11) is 0. The van der Waals surface area contributed by atoms with E-state index in [1.807, 2.05) is 12.1 Å². The van der Waals surface area contributed by atoms with Crippen molar-refractivity contribution in [2.75, 3.05) is 5.75 Å². The van der Waals surface area contributed by atoms with Crippen LogP contribution in [0.3, 0.4) is 0 Å². The lowest BCUT2D eigenvalue weighted by Gasteiger charge is -2.11. The molecule has 0 aliphatic heterocycles. The van der Waals surface area contributed by atoms with E-state index in [1.54, 1.807) is 30.1 Å². The first-order valence-corrected chi connectivity index (χ1v) is 8.00. The highest BCUT2D eigenvalue weighted by atomic mass is 32.2. The second kappa shape index (κ2) is 5.52. The van der Waals surface area contributed by atoms with Crippen LogP contribution in [0.15, 0.2) is 35.3 Å². The average Bonchev–Trinajstić information content (AvgIpc) is 3.18. The molecule has 1 aliphatic rings. The van der Waals surface area contributed by atoms with Crippen molar-refractivity contribution in [2.45, 2.75) is 25.0 Å². The molecule has 6 heteroatoms. The summed E-state index contributed by atoms with van der Waals surface area (Å²) < 4.78 is 1.51. The Kier molecular flexibility index (Phi) is 3.71. The van der Waals surface area contributed by atoms with Gasteiger partial charge in [-0.3, -0.25) is 14.0 Å². The van der Waals surface area contributed by atoms with Gasteiger partial charge in [-0.15, -0.1) is 0 Å². The molecule has 3 rings (SSSR count). The van der Waals surface area contributed by atoms with Gasteiger partial charge in [0.25, 0.3) is 5.56 Å². The van der Waals surface area contributed by atoms with E-state index >= 15 is 0 Å². The lowest BCUT2D eigenvalue weighted by atomic mass is 10.1. The minimum atomic E-state index is -0.727. The number of aromatic nitrogens is 2. The molecule has 1 N–H and O–H groups in total. The fourth-order valence-electron chi connectivity index (χ4n) is 2.42. The average molecular weight is 304 g/mol. The van der Waals surface area contributed by atoms with Crippen LogP contribution in [0, 0.1) is 5.41 Å². The van der Waals surface area contributed by atoms with Crippen LogP contribution in [0.5, 0.6) is 0 Å². The van der Waals surface area contributed by atoms with Gasteiger partial charge < -0.3 is 5.11 Å². The Morgan fingerprint density at radius 3 is 2.95 bits per heavy atom. The van der Waals surface area contributed by atoms with Crippen LogP contribution in [-0.4, -0.2) is 26.2 Å². The van der Waals surface area contributed by atoms with Crippen molar-refractivity contribution < 1.29 is 9.90 Å². The van der Waals surface area contributed by atoms with Crippen LogP contribution >= 0.6 is 11.8 Å². The molecule has 0 aromatic carbocycles. The number of nitrogens with zero attached hydrogens (tertiary/aromatic N) is 2. The van der Waals surface area contributed by atoms with Crippen molar-refractivity contribution in [3.05, 3.63) is 46.5 Å². The van der Waals surface area contributed by atoms with Crippen molar-refractivity contribution in [3.8, 4) is 0 Å². The van der Waals surface area contributed by atoms with E-state index in [2.05, 4.69) is 4.98 Å². The van der Waals surface area contributed by atoms with Gasteiger partial charge in [-0.2, -0.15) is 11.8 Å². The maximum atomic E-state index is 12.0. The minimum absolute atomic E-state index is 0.0254. The first-order chi connectivity index (χ1) is 10.1. The fraction of sp³-hybridized carbons (Fsp3) is 0.400. The number of aliphatic carboxylic acids is 1. The van der Waals surface area contributed by atoms with Gasteiger partial charge in [0.1, 0.15) is 5.65 Å². The van der Waals surface area contributed by atoms with Crippen molar-refractivity contribution in [1.29, 1.82) is 0 Å². The molecule has 1 saturated carbocycles. The third-order valence-electron chi connectivity index (χ3n) is 3.77. The quantitative estimate of drug-likeness (QED) is 0.885. The molecule has 0 radical (unpaired) electrons. The molecule has 2 heterocycles. The molecule has 5 nitrogen and oxygen atoms in total. The molecule has 0 atom stereocenters. The standard InChI is InChI=1S/C15H16N2O3S/c18-13-7-11(16-12-3-1-2-6-17(12)13)9-21-10-15(4-5-15)8-14(19)20/h1-3,6-7H,4-5,8-10H2,(H,19,20). The maximum absolute atomic E-state index is 12.0. The predicted molar refractivity (Wildman–Crippen MR) is 81.5 cm³/mol. The molecule has 0 bridgehead atoms. The van der Waals surface area contributed by atoms with Gasteiger partial charge in [-0.1, -0.05) is 6.07 Å². The number of hydrogen-bond acceptors (Lipinski definition) is 4. The summed E-state index contributed by atoms with van der Waals surface area (Å²) in [5, 5.41) is 8.89. The molecule has 21 heavy (non-hydrogen) atoms. The SMILES string of the molecule is O=C(O)CC1(CSCc2cc(=O)n3ccccc3n2)CC1. The summed E-state index contributed by atoms with van der Waals surface area (Å²) >= 11 is 1.66. The largest absolute Gasteiger partial charge is 0.481 e. The first kappa shape index (κ1) is 14.1. The van der Waals surface area contributed by atoms with E-state index in [1.165, 1.54) is 4.40 Å². The van der Waals surface area contributed by atoms with Crippen molar-refractivity contribution in [3.63, 3.8) is 0 Å². The van der Waals surface area contributed by atoms with E-state index in [4.69, 9.17) is 5.11 Å². The zero-order valence-electron chi connectivity index (χ0n) is 11.5. The second-order valence-corrected chi connectivity index (χ2v) is 6.56. The van der Waals surface area contributed by atoms with Crippen molar-refractivity contribution >= 4 is 23.4 Å². The summed E-state index contributed by atoms with van der Waals surface area (Å²) in [5.41, 5.74) is 1.29. The van der Waals surface area contributed by atoms with Crippen molar-refractivity contribution in [1.82, 2.24) is 9.38 Å². The van der Waals surface area contributed by atoms with Gasteiger partial charge >= 0.3 is 5.97 Å². The number of hydrogen-bond donors (Lipinski definition) is 1. The molecule has 2 aromatic heterocycles. The Balaban J connectivity index is 1.66. The molecule has 0 unspecified atom stereocenters. The van der Waals surface area contributed by atoms with E-state index in [0.29, 0.717) is 11.4 Å². The van der Waals surface area contributed by atoms with Gasteiger partial charge in [-0.25, -0.2) is 4.98 Å². The maximum Gasteiger partial charge on any atom is 0.303 e. The van der Waals surface area contributed by atoms with Crippen LogP contribution in [0.2, 0.25) is 0 Å². The zero-order valence-corrected chi connectivity index (χ0v) is 12.3. The van der Waals surface area contributed by atoms with Crippen LogP contribution in [0.25, 0.3) is 5.65 Å². The van der Waals surface area contributed by atoms with Gasteiger partial charge in [0.15, 0.2) is 0 Å². The van der Waals surface area contributed by atoms with E-state index in [9.17, 15) is 9.59 Å². The summed E-state index contributed by atoms with van der Waals surface area (Å²) in [6, 6.07) is 7.01. The van der Waals surface area contributed by atoms with Gasteiger partial charge in [0.05, 0.1) is 12.1 Å². The molecule has 0 saturated heterocycles. The minimum Gasteiger partial charge on any atom is -0.481 e. The highest BCUT2D eigenvalue weighted by Gasteiger charge is 2.44. The van der Waals surface area contributed by atoms with Crippen molar-refractivity contribution in [2.24, 2.45) is 5.41 Å². The molecule has 110 valence electrons. The topological polar surface area (TPSA) is 71.7 Å². The normalized spacial score (nSPS) is 16.0. The summed E-state index contributed by atoms with van der Waals surface area (Å²) in [5.74, 6) is 0.729. The molecule has 0 amide bonds. The number of carbonyl (C=O) groups is 1. The number of thioether (sulfide) groups is 1. The Labute approximate surface area is 126 Å². The third-order valence-corrected chi connectivity index (χ3v) is 5.08. The highest BCUT2D eigenvalue weighted by molar-refractivity contribution is 7.98. The number of fused-ring (bicyclic) bond motifs is 1. The smallest absolute Gasteiger partial charge is 0.303 e. The third kappa shape index (κ3) is 3.26. The Morgan fingerprint density at radius 2 is 2.24 bits per heavy atom. The van der Waals surface area contributed by atoms with Crippen LogP contribution in [-0.2, 0) is 10.5 Å². The van der Waals surface area contributed by atoms with E-state index in [0.717, 1.165) is 24.3 Å². The number of pyridine rings is 1. The summed E-state index contributed by atoms with van der Waals surface area (Å²) in [6.45, 7) is 0. The molecular weight excluding hydrogens is 288 g/mol. The van der Waals surface area contributed by atoms with Gasteiger partial charge in [-0.05, 0) is 36.1 Å². The number of rotatable bonds is 6. The summed E-state index contributed by atoms with van der Waals surface area (Å²) in [4.78, 5) is 27.2. The first-order valence-electron chi connectivity index (χ1n) is 6.85. The molecule has 1 aliphatic carbocycles. The molecule has 2 aromatic rings. The lowest BCUT2D eigenvalue weighted by Crippen LogP contribution is -2.15. The van der Waals surface area contributed by atoms with E-state index < -0.39 is 5.97 Å². The lowest BCUT2D eigenvalue weighted by molar-refractivity contribution is -0.138. The summed E-state index contributed by atoms with van der Waals surface area (Å²) in [6.07, 6.45) is 3.92. The molecule has 1 fully saturated rings. The van der Waals surface area contributed by atoms with Gasteiger partial charge in [0.2, 0.25) is 0 Å². The number of carboxylic acids is 1. The van der Waals surface area contributed by atoms with Crippen LogP contribution in [0.4, 0.5) is 0 Å². The van der Waals surface area contributed by atoms with Crippen LogP contribution < -0.4 is 5.56 Å². The predicted octanol–water partition coefficient (Wildman–Crippen LogP) is 2.18. The Hall–Kier alpha value is -1.82. The molecular formula is C15H16N2O3S. The Bertz CT molecular complexity index is 737. The second-order valence-electron chi connectivity index (χ2n) is 5.58. The van der Waals surface area contributed by atoms with E-state index in [-0.39, 0.29) is 17.4 Å². The fourth-order valence-corrected chi connectivity index (χ4v) is 3.70. The zero-order chi connectivity index (χ0) is 14.9.